The van der Waals surface area contributed by atoms with Gasteiger partial charge in [-0.25, -0.2) is 9.78 Å². The summed E-state index contributed by atoms with van der Waals surface area (Å²) in [7, 11) is 0. The molecular formula is C18H24N2O4. The maximum atomic E-state index is 11.6. The molecule has 0 amide bonds. The van der Waals surface area contributed by atoms with Crippen LogP contribution in [-0.2, 0) is 14.3 Å². The number of esters is 1. The highest BCUT2D eigenvalue weighted by Crippen LogP contribution is 2.22. The molecule has 0 atom stereocenters. The van der Waals surface area contributed by atoms with Gasteiger partial charge in [-0.3, -0.25) is 4.79 Å². The SMILES string of the molecule is CC(C)(C)OC(=O)/C=C/c1ccc(N2CCC(C(=O)O)CC2)nc1. The van der Waals surface area contributed by atoms with E-state index in [0.29, 0.717) is 25.9 Å². The molecule has 1 saturated heterocycles. The van der Waals surface area contributed by atoms with Gasteiger partial charge in [0.05, 0.1) is 5.92 Å². The van der Waals surface area contributed by atoms with Crippen LogP contribution >= 0.6 is 0 Å². The standard InChI is InChI=1S/C18H24N2O4/c1-18(2,3)24-16(21)7-5-13-4-6-15(19-12-13)20-10-8-14(9-11-20)17(22)23/h4-7,12,14H,8-11H2,1-3H3,(H,22,23)/b7-5+. The van der Waals surface area contributed by atoms with Gasteiger partial charge in [-0.05, 0) is 57.4 Å². The van der Waals surface area contributed by atoms with Crippen LogP contribution in [0.1, 0.15) is 39.2 Å². The second-order valence-corrected chi connectivity index (χ2v) is 6.92. The maximum absolute atomic E-state index is 11.6. The van der Waals surface area contributed by atoms with E-state index in [2.05, 4.69) is 9.88 Å². The lowest BCUT2D eigenvalue weighted by molar-refractivity contribution is -0.148. The first-order valence-corrected chi connectivity index (χ1v) is 8.09. The first-order valence-electron chi connectivity index (χ1n) is 8.09. The Hall–Kier alpha value is -2.37. The molecule has 1 aliphatic rings. The van der Waals surface area contributed by atoms with Gasteiger partial charge in [-0.2, -0.15) is 0 Å². The lowest BCUT2D eigenvalue weighted by Gasteiger charge is -2.30. The Kier molecular flexibility index (Phi) is 5.59. The largest absolute Gasteiger partial charge is 0.481 e. The van der Waals surface area contributed by atoms with E-state index in [1.807, 2.05) is 32.9 Å². The highest BCUT2D eigenvalue weighted by molar-refractivity contribution is 5.87. The molecule has 1 N–H and O–H groups in total. The predicted molar refractivity (Wildman–Crippen MR) is 91.7 cm³/mol. The summed E-state index contributed by atoms with van der Waals surface area (Å²) in [4.78, 5) is 29.1. The molecule has 24 heavy (non-hydrogen) atoms. The quantitative estimate of drug-likeness (QED) is 0.674. The van der Waals surface area contributed by atoms with E-state index in [9.17, 15) is 9.59 Å². The van der Waals surface area contributed by atoms with E-state index in [1.165, 1.54) is 6.08 Å². The number of nitrogens with zero attached hydrogens (tertiary/aromatic N) is 2. The molecule has 1 aromatic heterocycles. The molecule has 0 bridgehead atoms. The minimum atomic E-state index is -0.717. The number of rotatable bonds is 4. The van der Waals surface area contributed by atoms with E-state index in [1.54, 1.807) is 12.3 Å². The summed E-state index contributed by atoms with van der Waals surface area (Å²) in [6, 6.07) is 3.77. The molecule has 6 heteroatoms. The third-order valence-corrected chi connectivity index (χ3v) is 3.76. The Morgan fingerprint density at radius 3 is 2.46 bits per heavy atom. The van der Waals surface area contributed by atoms with Crippen molar-refractivity contribution in [3.63, 3.8) is 0 Å². The summed E-state index contributed by atoms with van der Waals surface area (Å²) in [5.74, 6) is -0.530. The zero-order valence-corrected chi connectivity index (χ0v) is 14.4. The van der Waals surface area contributed by atoms with Crippen LogP contribution < -0.4 is 4.90 Å². The lowest BCUT2D eigenvalue weighted by atomic mass is 9.97. The van der Waals surface area contributed by atoms with E-state index in [-0.39, 0.29) is 11.9 Å². The van der Waals surface area contributed by atoms with Gasteiger partial charge in [-0.15, -0.1) is 0 Å². The fourth-order valence-corrected chi connectivity index (χ4v) is 2.54. The highest BCUT2D eigenvalue weighted by atomic mass is 16.6. The second kappa shape index (κ2) is 7.47. The molecule has 0 saturated carbocycles. The fraction of sp³-hybridized carbons (Fsp3) is 0.500. The monoisotopic (exact) mass is 332 g/mol. The molecule has 0 unspecified atom stereocenters. The molecular weight excluding hydrogens is 308 g/mol. The Labute approximate surface area is 142 Å². The summed E-state index contributed by atoms with van der Waals surface area (Å²) in [5.41, 5.74) is 0.302. The Balaban J connectivity index is 1.92. The highest BCUT2D eigenvalue weighted by Gasteiger charge is 2.24. The Morgan fingerprint density at radius 2 is 1.96 bits per heavy atom. The zero-order valence-electron chi connectivity index (χ0n) is 14.4. The molecule has 130 valence electrons. The van der Waals surface area contributed by atoms with E-state index in [0.717, 1.165) is 11.4 Å². The van der Waals surface area contributed by atoms with E-state index < -0.39 is 11.6 Å². The number of aliphatic carboxylic acids is 1. The number of piperidine rings is 1. The predicted octanol–water partition coefficient (Wildman–Crippen LogP) is 2.74. The molecule has 0 radical (unpaired) electrons. The average molecular weight is 332 g/mol. The van der Waals surface area contributed by atoms with Gasteiger partial charge >= 0.3 is 11.9 Å². The fourth-order valence-electron chi connectivity index (χ4n) is 2.54. The van der Waals surface area contributed by atoms with Crippen molar-refractivity contribution in [1.29, 1.82) is 0 Å². The topological polar surface area (TPSA) is 79.7 Å². The summed E-state index contributed by atoms with van der Waals surface area (Å²) in [5, 5.41) is 9.03. The van der Waals surface area contributed by atoms with Gasteiger partial charge < -0.3 is 14.7 Å². The molecule has 0 aromatic carbocycles. The van der Waals surface area contributed by atoms with E-state index in [4.69, 9.17) is 9.84 Å². The normalized spacial score (nSPS) is 16.4. The average Bonchev–Trinajstić information content (AvgIpc) is 2.52. The molecule has 1 aromatic rings. The first kappa shape index (κ1) is 18.0. The third kappa shape index (κ3) is 5.37. The molecule has 1 fully saturated rings. The van der Waals surface area contributed by atoms with Crippen LogP contribution in [-0.4, -0.2) is 40.7 Å². The molecule has 2 heterocycles. The zero-order chi connectivity index (χ0) is 17.7. The number of carboxylic acids is 1. The van der Waals surface area contributed by atoms with Crippen molar-refractivity contribution < 1.29 is 19.4 Å². The van der Waals surface area contributed by atoms with Crippen molar-refractivity contribution in [3.05, 3.63) is 30.0 Å². The van der Waals surface area contributed by atoms with Crippen molar-refractivity contribution in [3.8, 4) is 0 Å². The number of hydrogen-bond acceptors (Lipinski definition) is 5. The number of anilines is 1. The van der Waals surface area contributed by atoms with Gasteiger partial charge in [0.15, 0.2) is 0 Å². The Morgan fingerprint density at radius 1 is 1.29 bits per heavy atom. The minimum Gasteiger partial charge on any atom is -0.481 e. The van der Waals surface area contributed by atoms with Crippen molar-refractivity contribution in [2.24, 2.45) is 5.92 Å². The number of pyridine rings is 1. The minimum absolute atomic E-state index is 0.253. The number of ether oxygens (including phenoxy) is 1. The van der Waals surface area contributed by atoms with Crippen LogP contribution in [0.25, 0.3) is 6.08 Å². The van der Waals surface area contributed by atoms with Crippen molar-refractivity contribution in [2.75, 3.05) is 18.0 Å². The lowest BCUT2D eigenvalue weighted by Crippen LogP contribution is -2.36. The number of carboxylic acid groups (broad SMARTS) is 1. The van der Waals surface area contributed by atoms with E-state index >= 15 is 0 Å². The number of hydrogen-bond donors (Lipinski definition) is 1. The number of aromatic nitrogens is 1. The van der Waals surface area contributed by atoms with Gasteiger partial charge in [-0.1, -0.05) is 0 Å². The first-order chi connectivity index (χ1) is 11.2. The summed E-state index contributed by atoms with van der Waals surface area (Å²) in [6.07, 6.45) is 6.02. The van der Waals surface area contributed by atoms with Crippen molar-refractivity contribution in [2.45, 2.75) is 39.2 Å². The second-order valence-electron chi connectivity index (χ2n) is 6.92. The third-order valence-electron chi connectivity index (χ3n) is 3.76. The smallest absolute Gasteiger partial charge is 0.331 e. The molecule has 1 aliphatic heterocycles. The van der Waals surface area contributed by atoms with Gasteiger partial charge in [0.2, 0.25) is 0 Å². The van der Waals surface area contributed by atoms with Crippen LogP contribution in [0, 0.1) is 5.92 Å². The molecule has 0 spiro atoms. The summed E-state index contributed by atoms with van der Waals surface area (Å²) < 4.78 is 5.21. The van der Waals surface area contributed by atoms with Gasteiger partial charge in [0.1, 0.15) is 11.4 Å². The van der Waals surface area contributed by atoms with Crippen LogP contribution in [0.5, 0.6) is 0 Å². The molecule has 2 rings (SSSR count). The van der Waals surface area contributed by atoms with Crippen LogP contribution in [0.15, 0.2) is 24.4 Å². The Bertz CT molecular complexity index is 609. The van der Waals surface area contributed by atoms with Crippen molar-refractivity contribution in [1.82, 2.24) is 4.98 Å². The number of carbonyl (C=O) groups excluding carboxylic acids is 1. The van der Waals surface area contributed by atoms with Gasteiger partial charge in [0.25, 0.3) is 0 Å². The van der Waals surface area contributed by atoms with Crippen LogP contribution in [0.3, 0.4) is 0 Å². The van der Waals surface area contributed by atoms with Gasteiger partial charge in [0, 0.05) is 25.4 Å². The van der Waals surface area contributed by atoms with Crippen LogP contribution in [0.2, 0.25) is 0 Å². The number of carbonyl (C=O) groups is 2. The van der Waals surface area contributed by atoms with Crippen LogP contribution in [0.4, 0.5) is 5.82 Å². The molecule has 0 aliphatic carbocycles. The summed E-state index contributed by atoms with van der Waals surface area (Å²) >= 11 is 0. The molecule has 6 nitrogen and oxygen atoms in total. The van der Waals surface area contributed by atoms with Crippen molar-refractivity contribution >= 4 is 23.8 Å². The maximum Gasteiger partial charge on any atom is 0.331 e. The summed E-state index contributed by atoms with van der Waals surface area (Å²) in [6.45, 7) is 6.85.